The summed E-state index contributed by atoms with van der Waals surface area (Å²) in [6.07, 6.45) is 7.74. The first kappa shape index (κ1) is 30.0. The normalized spacial score (nSPS) is 27.7. The molecular weight excluding hydrogens is 580 g/mol. The minimum Gasteiger partial charge on any atom is -0.494 e. The topological polar surface area (TPSA) is 93.2 Å². The Morgan fingerprint density at radius 2 is 1.07 bits per heavy atom. The number of imide groups is 2. The van der Waals surface area contributed by atoms with Crippen LogP contribution in [0.25, 0.3) is 0 Å². The molecule has 8 nitrogen and oxygen atoms in total. The van der Waals surface area contributed by atoms with E-state index >= 15 is 0 Å². The lowest BCUT2D eigenvalue weighted by atomic mass is 9.45. The number of carbonyl (C=O) groups is 4. The smallest absolute Gasteiger partial charge is 0.238 e. The quantitative estimate of drug-likeness (QED) is 0.147. The van der Waals surface area contributed by atoms with Gasteiger partial charge in [0, 0.05) is 11.3 Å². The summed E-state index contributed by atoms with van der Waals surface area (Å²) in [5, 5.41) is 0. The molecule has 4 atom stereocenters. The van der Waals surface area contributed by atoms with Gasteiger partial charge in [-0.2, -0.15) is 0 Å². The molecule has 0 aromatic heterocycles. The Morgan fingerprint density at radius 1 is 0.609 bits per heavy atom. The molecule has 3 aromatic rings. The van der Waals surface area contributed by atoms with Crippen LogP contribution in [0.2, 0.25) is 0 Å². The molecule has 5 aliphatic rings. The van der Waals surface area contributed by atoms with Crippen molar-refractivity contribution < 1.29 is 28.7 Å². The second-order valence-corrected chi connectivity index (χ2v) is 12.7. The van der Waals surface area contributed by atoms with Gasteiger partial charge in [0.1, 0.15) is 11.5 Å². The van der Waals surface area contributed by atoms with Crippen molar-refractivity contribution >= 4 is 35.0 Å². The van der Waals surface area contributed by atoms with E-state index in [0.29, 0.717) is 36.1 Å². The third-order valence-corrected chi connectivity index (χ3v) is 10.2. The van der Waals surface area contributed by atoms with E-state index < -0.39 is 35.0 Å². The first-order valence-electron chi connectivity index (χ1n) is 16.4. The molecule has 0 spiro atoms. The maximum atomic E-state index is 14.5. The molecule has 236 valence electrons. The van der Waals surface area contributed by atoms with Gasteiger partial charge in [-0.3, -0.25) is 19.2 Å². The van der Waals surface area contributed by atoms with Crippen molar-refractivity contribution in [3.63, 3.8) is 0 Å². The lowest BCUT2D eigenvalue weighted by Crippen LogP contribution is -2.60. The summed E-state index contributed by atoms with van der Waals surface area (Å²) in [4.78, 5) is 60.1. The van der Waals surface area contributed by atoms with E-state index in [-0.39, 0.29) is 23.6 Å². The number of rotatable bonds is 11. The zero-order chi connectivity index (χ0) is 32.0. The predicted molar refractivity (Wildman–Crippen MR) is 173 cm³/mol. The van der Waals surface area contributed by atoms with Crippen LogP contribution in [-0.2, 0) is 24.6 Å². The van der Waals surface area contributed by atoms with Crippen LogP contribution in [0.5, 0.6) is 11.5 Å². The minimum atomic E-state index is -1.17. The Balaban J connectivity index is 1.26. The van der Waals surface area contributed by atoms with Crippen LogP contribution in [0.4, 0.5) is 11.4 Å². The van der Waals surface area contributed by atoms with Gasteiger partial charge in [-0.1, -0.05) is 69.2 Å². The largest absolute Gasteiger partial charge is 0.494 e. The number of allylic oxidation sites excluding steroid dienone is 2. The zero-order valence-electron chi connectivity index (χ0n) is 26.1. The molecule has 2 heterocycles. The van der Waals surface area contributed by atoms with Crippen LogP contribution in [0, 0.1) is 29.6 Å². The average molecular weight is 619 g/mol. The molecule has 0 radical (unpaired) electrons. The third-order valence-electron chi connectivity index (χ3n) is 10.2. The third kappa shape index (κ3) is 4.49. The monoisotopic (exact) mass is 618 g/mol. The van der Waals surface area contributed by atoms with Crippen LogP contribution in [-0.4, -0.2) is 36.8 Å². The molecule has 3 fully saturated rings. The summed E-state index contributed by atoms with van der Waals surface area (Å²) in [5.41, 5.74) is 0.501. The Morgan fingerprint density at radius 3 is 1.50 bits per heavy atom. The molecule has 8 heteroatoms. The number of benzene rings is 3. The second-order valence-electron chi connectivity index (χ2n) is 12.7. The Labute approximate surface area is 269 Å². The van der Waals surface area contributed by atoms with E-state index in [4.69, 9.17) is 9.47 Å². The van der Waals surface area contributed by atoms with Crippen molar-refractivity contribution in [2.75, 3.05) is 23.0 Å². The highest BCUT2D eigenvalue weighted by Gasteiger charge is 2.75. The van der Waals surface area contributed by atoms with Gasteiger partial charge < -0.3 is 9.47 Å². The Hall–Kier alpha value is -4.72. The van der Waals surface area contributed by atoms with Crippen molar-refractivity contribution in [3.8, 4) is 11.5 Å². The minimum absolute atomic E-state index is 0.338. The van der Waals surface area contributed by atoms with Crippen molar-refractivity contribution in [1.29, 1.82) is 0 Å². The summed E-state index contributed by atoms with van der Waals surface area (Å²) < 4.78 is 11.6. The lowest BCUT2D eigenvalue weighted by molar-refractivity contribution is -0.140. The molecule has 3 aromatic carbocycles. The van der Waals surface area contributed by atoms with E-state index in [9.17, 15) is 19.2 Å². The highest BCUT2D eigenvalue weighted by molar-refractivity contribution is 6.27. The van der Waals surface area contributed by atoms with E-state index in [1.807, 2.05) is 42.5 Å². The van der Waals surface area contributed by atoms with Gasteiger partial charge in [0.2, 0.25) is 23.6 Å². The maximum Gasteiger partial charge on any atom is 0.238 e. The molecule has 2 bridgehead atoms. The summed E-state index contributed by atoms with van der Waals surface area (Å²) in [6.45, 7) is 5.37. The van der Waals surface area contributed by atoms with Crippen LogP contribution in [0.15, 0.2) is 91.0 Å². The fourth-order valence-corrected chi connectivity index (χ4v) is 8.04. The van der Waals surface area contributed by atoms with Gasteiger partial charge in [0.05, 0.1) is 48.3 Å². The number of carbonyl (C=O) groups excluding carboxylic acids is 4. The van der Waals surface area contributed by atoms with Crippen molar-refractivity contribution in [3.05, 3.63) is 96.6 Å². The summed E-state index contributed by atoms with van der Waals surface area (Å²) in [7, 11) is 0. The Kier molecular flexibility index (Phi) is 7.75. The van der Waals surface area contributed by atoms with Gasteiger partial charge in [0.15, 0.2) is 0 Å². The summed E-state index contributed by atoms with van der Waals surface area (Å²) in [5.74, 6) is -3.82. The molecule has 8 rings (SSSR count). The molecule has 2 aliphatic heterocycles. The number of nitrogens with zero attached hydrogens (tertiary/aromatic N) is 2. The zero-order valence-corrected chi connectivity index (χ0v) is 26.1. The SMILES string of the molecule is CCCCOc1ccc(N2C(=O)C3C4C=CC(c5ccccc5)(C3C2=O)C2C(=O)N(c3ccc(OCCCC)cc3)C(=O)C42)cc1. The number of hydrogen-bond acceptors (Lipinski definition) is 6. The fourth-order valence-electron chi connectivity index (χ4n) is 8.04. The first-order chi connectivity index (χ1) is 22.4. The molecule has 4 unspecified atom stereocenters. The summed E-state index contributed by atoms with van der Waals surface area (Å²) in [6, 6.07) is 23.4. The molecule has 1 saturated carbocycles. The van der Waals surface area contributed by atoms with Gasteiger partial charge in [-0.05, 0) is 66.9 Å². The number of hydrogen-bond donors (Lipinski definition) is 0. The standard InChI is InChI=1S/C38H38N2O6/c1-3-5-22-45-27-16-12-25(13-17-27)39-34(41)30-29-20-21-38(32(30)36(39)43,24-10-8-7-9-11-24)33-31(29)35(42)40(37(33)44)26-14-18-28(19-15-26)46-23-6-4-2/h7-21,29-33H,3-6,22-23H2,1-2H3. The molecule has 46 heavy (non-hydrogen) atoms. The van der Waals surface area contributed by atoms with E-state index in [1.165, 1.54) is 9.80 Å². The van der Waals surface area contributed by atoms with Gasteiger partial charge in [-0.25, -0.2) is 9.80 Å². The number of amides is 4. The van der Waals surface area contributed by atoms with Crippen molar-refractivity contribution in [2.24, 2.45) is 29.6 Å². The van der Waals surface area contributed by atoms with Crippen LogP contribution in [0.1, 0.15) is 45.1 Å². The fraction of sp³-hybridized carbons (Fsp3) is 0.368. The van der Waals surface area contributed by atoms with Crippen LogP contribution >= 0.6 is 0 Å². The Bertz CT molecular complexity index is 1580. The molecule has 3 aliphatic carbocycles. The second kappa shape index (κ2) is 11.9. The van der Waals surface area contributed by atoms with E-state index in [0.717, 1.165) is 31.2 Å². The molecular formula is C38H38N2O6. The van der Waals surface area contributed by atoms with Gasteiger partial charge in [0.25, 0.3) is 0 Å². The van der Waals surface area contributed by atoms with Gasteiger partial charge in [-0.15, -0.1) is 0 Å². The number of anilines is 2. The van der Waals surface area contributed by atoms with Crippen molar-refractivity contribution in [1.82, 2.24) is 0 Å². The van der Waals surface area contributed by atoms with Crippen LogP contribution in [0.3, 0.4) is 0 Å². The first-order valence-corrected chi connectivity index (χ1v) is 16.4. The predicted octanol–water partition coefficient (Wildman–Crippen LogP) is 6.09. The number of ether oxygens (including phenoxy) is 2. The number of unbranched alkanes of at least 4 members (excludes halogenated alkanes) is 2. The van der Waals surface area contributed by atoms with E-state index in [2.05, 4.69) is 13.8 Å². The molecule has 0 N–H and O–H groups in total. The molecule has 4 amide bonds. The van der Waals surface area contributed by atoms with E-state index in [1.54, 1.807) is 48.5 Å². The van der Waals surface area contributed by atoms with Crippen LogP contribution < -0.4 is 19.3 Å². The average Bonchev–Trinajstić information content (AvgIpc) is 3.53. The highest BCUT2D eigenvalue weighted by Crippen LogP contribution is 2.65. The van der Waals surface area contributed by atoms with Gasteiger partial charge >= 0.3 is 0 Å². The summed E-state index contributed by atoms with van der Waals surface area (Å²) >= 11 is 0. The highest BCUT2D eigenvalue weighted by atomic mass is 16.5. The van der Waals surface area contributed by atoms with Crippen molar-refractivity contribution in [2.45, 2.75) is 44.9 Å². The maximum absolute atomic E-state index is 14.5. The lowest BCUT2D eigenvalue weighted by Gasteiger charge is -2.53. The molecule has 2 saturated heterocycles.